The first-order valence-electron chi connectivity index (χ1n) is 5.62. The van der Waals surface area contributed by atoms with Crippen molar-refractivity contribution in [2.24, 2.45) is 0 Å². The SMILES string of the molecule is Cc1c(Nc2ccccc2)nc(N)c(C#N)c1C. The third kappa shape index (κ3) is 2.11. The smallest absolute Gasteiger partial charge is 0.144 e. The lowest BCUT2D eigenvalue weighted by Gasteiger charge is -2.13. The minimum atomic E-state index is 0.263. The van der Waals surface area contributed by atoms with Crippen LogP contribution in [0.15, 0.2) is 30.3 Å². The fraction of sp³-hybridized carbons (Fsp3) is 0.143. The molecule has 2 rings (SSSR count). The molecule has 4 nitrogen and oxygen atoms in total. The molecule has 0 bridgehead atoms. The monoisotopic (exact) mass is 238 g/mol. The summed E-state index contributed by atoms with van der Waals surface area (Å²) in [5.41, 5.74) is 8.97. The van der Waals surface area contributed by atoms with Crippen molar-refractivity contribution in [2.45, 2.75) is 13.8 Å². The van der Waals surface area contributed by atoms with Gasteiger partial charge in [0.25, 0.3) is 0 Å². The second kappa shape index (κ2) is 4.76. The second-order valence-corrected chi connectivity index (χ2v) is 4.07. The first-order valence-corrected chi connectivity index (χ1v) is 5.62. The number of nitrogens with zero attached hydrogens (tertiary/aromatic N) is 2. The number of benzene rings is 1. The van der Waals surface area contributed by atoms with E-state index in [0.717, 1.165) is 16.8 Å². The Bertz CT molecular complexity index is 612. The summed E-state index contributed by atoms with van der Waals surface area (Å²) in [6.45, 7) is 3.80. The Labute approximate surface area is 106 Å². The highest BCUT2D eigenvalue weighted by Gasteiger charge is 2.12. The number of nitrogen functional groups attached to an aromatic ring is 1. The van der Waals surface area contributed by atoms with Gasteiger partial charge in [-0.25, -0.2) is 4.98 Å². The Hall–Kier alpha value is -2.54. The van der Waals surface area contributed by atoms with Crippen LogP contribution >= 0.6 is 0 Å². The van der Waals surface area contributed by atoms with E-state index in [2.05, 4.69) is 16.4 Å². The second-order valence-electron chi connectivity index (χ2n) is 4.07. The van der Waals surface area contributed by atoms with Gasteiger partial charge in [0, 0.05) is 5.69 Å². The highest BCUT2D eigenvalue weighted by Crippen LogP contribution is 2.26. The summed E-state index contributed by atoms with van der Waals surface area (Å²) in [6.07, 6.45) is 0. The molecule has 0 saturated carbocycles. The van der Waals surface area contributed by atoms with Crippen LogP contribution < -0.4 is 11.1 Å². The highest BCUT2D eigenvalue weighted by atomic mass is 15.0. The molecule has 0 aliphatic rings. The number of aromatic nitrogens is 1. The lowest BCUT2D eigenvalue weighted by Crippen LogP contribution is -2.05. The number of nitrogens with one attached hydrogen (secondary N) is 1. The van der Waals surface area contributed by atoms with Gasteiger partial charge >= 0.3 is 0 Å². The summed E-state index contributed by atoms with van der Waals surface area (Å²) in [5.74, 6) is 0.953. The first kappa shape index (κ1) is 11.9. The molecule has 0 radical (unpaired) electrons. The molecule has 1 aromatic carbocycles. The quantitative estimate of drug-likeness (QED) is 0.843. The van der Waals surface area contributed by atoms with Crippen LogP contribution in [0.4, 0.5) is 17.3 Å². The van der Waals surface area contributed by atoms with E-state index in [1.165, 1.54) is 0 Å². The van der Waals surface area contributed by atoms with Crippen LogP contribution in [0.5, 0.6) is 0 Å². The number of para-hydroxylation sites is 1. The zero-order valence-corrected chi connectivity index (χ0v) is 10.4. The maximum atomic E-state index is 9.01. The molecule has 3 N–H and O–H groups in total. The summed E-state index contributed by atoms with van der Waals surface area (Å²) in [6, 6.07) is 11.8. The summed E-state index contributed by atoms with van der Waals surface area (Å²) < 4.78 is 0. The molecule has 0 saturated heterocycles. The van der Waals surface area contributed by atoms with Crippen LogP contribution in [0.25, 0.3) is 0 Å². The topological polar surface area (TPSA) is 74.7 Å². The third-order valence-electron chi connectivity index (χ3n) is 2.93. The van der Waals surface area contributed by atoms with Crippen molar-refractivity contribution < 1.29 is 0 Å². The minimum Gasteiger partial charge on any atom is -0.383 e. The average Bonchev–Trinajstić information content (AvgIpc) is 2.37. The predicted octanol–water partition coefficient (Wildman–Crippen LogP) is 2.90. The van der Waals surface area contributed by atoms with E-state index in [9.17, 15) is 0 Å². The molecule has 0 atom stereocenters. The first-order chi connectivity index (χ1) is 8.63. The summed E-state index contributed by atoms with van der Waals surface area (Å²) in [5, 5.41) is 12.2. The summed E-state index contributed by atoms with van der Waals surface area (Å²) in [7, 11) is 0. The number of anilines is 3. The van der Waals surface area contributed by atoms with Gasteiger partial charge in [0.15, 0.2) is 0 Å². The molecule has 18 heavy (non-hydrogen) atoms. The van der Waals surface area contributed by atoms with Crippen LogP contribution in [0.3, 0.4) is 0 Å². The Morgan fingerprint density at radius 1 is 1.17 bits per heavy atom. The van der Waals surface area contributed by atoms with Gasteiger partial charge < -0.3 is 11.1 Å². The van der Waals surface area contributed by atoms with Crippen molar-refractivity contribution in [3.05, 3.63) is 47.0 Å². The number of nitrogens with two attached hydrogens (primary N) is 1. The number of hydrogen-bond acceptors (Lipinski definition) is 4. The largest absolute Gasteiger partial charge is 0.383 e. The van der Waals surface area contributed by atoms with Crippen molar-refractivity contribution in [3.8, 4) is 6.07 Å². The zero-order valence-electron chi connectivity index (χ0n) is 10.4. The van der Waals surface area contributed by atoms with Gasteiger partial charge in [-0.15, -0.1) is 0 Å². The molecule has 0 aliphatic carbocycles. The van der Waals surface area contributed by atoms with Crippen molar-refractivity contribution in [3.63, 3.8) is 0 Å². The van der Waals surface area contributed by atoms with Crippen molar-refractivity contribution in [1.82, 2.24) is 4.98 Å². The lowest BCUT2D eigenvalue weighted by atomic mass is 10.1. The van der Waals surface area contributed by atoms with E-state index >= 15 is 0 Å². The average molecular weight is 238 g/mol. The van der Waals surface area contributed by atoms with Crippen molar-refractivity contribution in [1.29, 1.82) is 5.26 Å². The van der Waals surface area contributed by atoms with E-state index in [0.29, 0.717) is 11.4 Å². The Balaban J connectivity index is 2.45. The fourth-order valence-corrected chi connectivity index (χ4v) is 1.74. The normalized spacial score (nSPS) is 9.83. The van der Waals surface area contributed by atoms with Crippen LogP contribution in [-0.4, -0.2) is 4.98 Å². The zero-order chi connectivity index (χ0) is 13.1. The van der Waals surface area contributed by atoms with Gasteiger partial charge in [0.1, 0.15) is 17.7 Å². The maximum Gasteiger partial charge on any atom is 0.144 e. The van der Waals surface area contributed by atoms with Gasteiger partial charge in [-0.3, -0.25) is 0 Å². The van der Waals surface area contributed by atoms with E-state index < -0.39 is 0 Å². The van der Waals surface area contributed by atoms with Crippen LogP contribution in [0.2, 0.25) is 0 Å². The summed E-state index contributed by atoms with van der Waals surface area (Å²) >= 11 is 0. The van der Waals surface area contributed by atoms with E-state index in [-0.39, 0.29) is 5.82 Å². The molecule has 1 heterocycles. The highest BCUT2D eigenvalue weighted by molar-refractivity contribution is 5.67. The Morgan fingerprint density at radius 2 is 1.83 bits per heavy atom. The molecule has 1 aromatic heterocycles. The molecule has 2 aromatic rings. The van der Waals surface area contributed by atoms with Gasteiger partial charge in [-0.05, 0) is 37.1 Å². The molecule has 0 fully saturated rings. The van der Waals surface area contributed by atoms with Gasteiger partial charge in [0.2, 0.25) is 0 Å². The van der Waals surface area contributed by atoms with E-state index in [1.54, 1.807) is 0 Å². The molecule has 0 amide bonds. The van der Waals surface area contributed by atoms with Crippen LogP contribution in [0.1, 0.15) is 16.7 Å². The third-order valence-corrected chi connectivity index (χ3v) is 2.93. The number of hydrogen-bond donors (Lipinski definition) is 2. The molecular formula is C14H14N4. The Morgan fingerprint density at radius 3 is 2.44 bits per heavy atom. The molecule has 0 spiro atoms. The van der Waals surface area contributed by atoms with Crippen LogP contribution in [0, 0.1) is 25.2 Å². The van der Waals surface area contributed by atoms with Gasteiger partial charge in [0.05, 0.1) is 5.56 Å². The van der Waals surface area contributed by atoms with Crippen molar-refractivity contribution >= 4 is 17.3 Å². The summed E-state index contributed by atoms with van der Waals surface area (Å²) in [4.78, 5) is 4.24. The molecule has 90 valence electrons. The minimum absolute atomic E-state index is 0.263. The standard InChI is InChI=1S/C14H14N4/c1-9-10(2)14(18-13(16)12(9)8-15)17-11-6-4-3-5-7-11/h3-7H,1-2H3,(H3,16,17,18). The Kier molecular flexibility index (Phi) is 3.16. The maximum absolute atomic E-state index is 9.01. The number of rotatable bonds is 2. The van der Waals surface area contributed by atoms with Gasteiger partial charge in [-0.1, -0.05) is 18.2 Å². The number of nitriles is 1. The van der Waals surface area contributed by atoms with Gasteiger partial charge in [-0.2, -0.15) is 5.26 Å². The van der Waals surface area contributed by atoms with Crippen LogP contribution in [-0.2, 0) is 0 Å². The molecule has 0 aliphatic heterocycles. The van der Waals surface area contributed by atoms with E-state index in [4.69, 9.17) is 11.0 Å². The predicted molar refractivity (Wildman–Crippen MR) is 72.6 cm³/mol. The van der Waals surface area contributed by atoms with Crippen molar-refractivity contribution in [2.75, 3.05) is 11.1 Å². The van der Waals surface area contributed by atoms with E-state index in [1.807, 2.05) is 44.2 Å². The lowest BCUT2D eigenvalue weighted by molar-refractivity contribution is 1.20. The fourth-order valence-electron chi connectivity index (χ4n) is 1.74. The molecular weight excluding hydrogens is 224 g/mol. The molecule has 4 heteroatoms. The molecule has 0 unspecified atom stereocenters. The number of pyridine rings is 1.